The summed E-state index contributed by atoms with van der Waals surface area (Å²) in [5.41, 5.74) is 0. The first kappa shape index (κ1) is 1.12. The van der Waals surface area contributed by atoms with Gasteiger partial charge in [0.05, 0.1) is 0 Å². The van der Waals surface area contributed by atoms with Gasteiger partial charge in [0, 0.05) is 12.3 Å². The summed E-state index contributed by atoms with van der Waals surface area (Å²) < 4.78 is 65.5. The van der Waals surface area contributed by atoms with Gasteiger partial charge in [-0.3, -0.25) is 0 Å². The molecule has 0 fully saturated rings. The molecule has 0 amide bonds. The maximum Gasteiger partial charge on any atom is 0.0302 e. The van der Waals surface area contributed by atoms with Crippen molar-refractivity contribution in [1.29, 1.82) is 0 Å². The van der Waals surface area contributed by atoms with Crippen LogP contribution < -0.4 is 0 Å². The maximum absolute atomic E-state index is 7.79. The van der Waals surface area contributed by atoms with Crippen LogP contribution in [0.3, 0.4) is 0 Å². The summed E-state index contributed by atoms with van der Waals surface area (Å²) in [4.78, 5) is 0. The fourth-order valence-corrected chi connectivity index (χ4v) is 0.144. The van der Waals surface area contributed by atoms with E-state index in [9.17, 15) is 0 Å². The summed E-state index contributed by atoms with van der Waals surface area (Å²) >= 11 is 0. The van der Waals surface area contributed by atoms with Gasteiger partial charge < -0.3 is 0 Å². The molecule has 0 saturated heterocycles. The van der Waals surface area contributed by atoms with Crippen molar-refractivity contribution in [2.45, 2.75) is 33.9 Å². The minimum Gasteiger partial charge on any atom is -0.0651 e. The van der Waals surface area contributed by atoms with E-state index in [1.165, 1.54) is 13.8 Å². The molecule has 44 valence electrons. The van der Waals surface area contributed by atoms with Gasteiger partial charge in [0.1, 0.15) is 0 Å². The van der Waals surface area contributed by atoms with Gasteiger partial charge >= 0.3 is 0 Å². The van der Waals surface area contributed by atoms with Crippen molar-refractivity contribution in [2.75, 3.05) is 0 Å². The third-order valence-electron chi connectivity index (χ3n) is 0.712. The Hall–Kier alpha value is 0. The average molecular weight is 109 g/mol. The zero-order valence-electron chi connectivity index (χ0n) is 13.6. The van der Waals surface area contributed by atoms with Gasteiger partial charge in [-0.25, -0.2) is 0 Å². The van der Waals surface area contributed by atoms with Crippen molar-refractivity contribution in [3.8, 4) is 0 Å². The monoisotopic (exact) mass is 109 g/mol. The highest BCUT2D eigenvalue weighted by Gasteiger charge is 2.01. The van der Waals surface area contributed by atoms with Gasteiger partial charge in [0.25, 0.3) is 0 Å². The number of hydrogen-bond acceptors (Lipinski definition) is 0. The molecule has 0 aliphatic rings. The van der Waals surface area contributed by atoms with Crippen molar-refractivity contribution in [1.82, 2.24) is 0 Å². The predicted molar refractivity (Wildman–Crippen MR) is 34.3 cm³/mol. The topological polar surface area (TPSA) is 0 Å². The molecule has 0 bridgehead atoms. The highest BCUT2D eigenvalue weighted by atomic mass is 14.1. The van der Waals surface area contributed by atoms with E-state index in [0.29, 0.717) is 0 Å². The van der Waals surface area contributed by atoms with E-state index < -0.39 is 31.9 Å². The smallest absolute Gasteiger partial charge is 0.0302 e. The first-order chi connectivity index (χ1) is 6.69. The lowest BCUT2D eigenvalue weighted by Gasteiger charge is -2.10. The third-order valence-corrected chi connectivity index (χ3v) is 0.712. The van der Waals surface area contributed by atoms with Crippen molar-refractivity contribution >= 4 is 0 Å². The highest BCUT2D eigenvalue weighted by molar-refractivity contribution is 4.52. The first-order valence-corrected chi connectivity index (χ1v) is 2.19. The molecule has 0 aliphatic heterocycles. The van der Waals surface area contributed by atoms with Crippen LogP contribution in [0.2, 0.25) is 0 Å². The minimum absolute atomic E-state index is 0.949. The fourth-order valence-electron chi connectivity index (χ4n) is 0.144. The largest absolute Gasteiger partial charge is 0.0651 e. The summed E-state index contributed by atoms with van der Waals surface area (Å²) in [6, 6.07) is 0. The van der Waals surface area contributed by atoms with E-state index in [0.717, 1.165) is 0 Å². The molecule has 0 radical (unpaired) electrons. The van der Waals surface area contributed by atoms with Crippen molar-refractivity contribution in [3.05, 3.63) is 0 Å². The lowest BCUT2D eigenvalue weighted by molar-refractivity contribution is 0.407. The van der Waals surface area contributed by atoms with E-state index in [2.05, 4.69) is 0 Å². The fraction of sp³-hybridized carbons (Fsp3) is 1.00. The van der Waals surface area contributed by atoms with Crippen LogP contribution in [0, 0.1) is 11.8 Å². The normalized spacial score (nSPS) is 44.1. The Morgan fingerprint density at radius 1 is 1.86 bits per heavy atom. The summed E-state index contributed by atoms with van der Waals surface area (Å²) in [7, 11) is 0. The second-order valence-electron chi connectivity index (χ2n) is 1.69. The Labute approximate surface area is 59.6 Å². The molecule has 0 heterocycles. The van der Waals surface area contributed by atoms with E-state index in [1.54, 1.807) is 0 Å². The SMILES string of the molecule is [2H]C([2H])([2H])C([2H])([2H])C([2H])(C(C)C)C([2H])([2H])[2H]. The van der Waals surface area contributed by atoms with Crippen LogP contribution in [0.25, 0.3) is 0 Å². The molecule has 1 unspecified atom stereocenters. The van der Waals surface area contributed by atoms with Crippen molar-refractivity contribution in [3.63, 3.8) is 0 Å². The Balaban J connectivity index is 5.75. The Bertz CT molecular complexity index is 248. The molecular formula is C7H16. The number of hydrogen-bond donors (Lipinski definition) is 0. The maximum atomic E-state index is 7.79. The minimum atomic E-state index is -3.15. The zero-order valence-corrected chi connectivity index (χ0v) is 4.58. The summed E-state index contributed by atoms with van der Waals surface area (Å²) in [6.07, 6.45) is -3.10. The lowest BCUT2D eigenvalue weighted by Crippen LogP contribution is -2.00. The van der Waals surface area contributed by atoms with Gasteiger partial charge in [-0.2, -0.15) is 0 Å². The average Bonchev–Trinajstić information content (AvgIpc) is 1.97. The second kappa shape index (κ2) is 3.06. The van der Waals surface area contributed by atoms with Crippen LogP contribution in [-0.4, -0.2) is 0 Å². The van der Waals surface area contributed by atoms with Crippen LogP contribution in [0.4, 0.5) is 0 Å². The van der Waals surface area contributed by atoms with Crippen LogP contribution in [-0.2, 0) is 0 Å². The summed E-state index contributed by atoms with van der Waals surface area (Å²) in [5.74, 6) is -3.61. The first-order valence-electron chi connectivity index (χ1n) is 6.69. The molecule has 0 aromatic rings. The quantitative estimate of drug-likeness (QED) is 0.511. The van der Waals surface area contributed by atoms with Gasteiger partial charge in [-0.1, -0.05) is 33.9 Å². The molecule has 0 saturated carbocycles. The van der Waals surface area contributed by atoms with Crippen LogP contribution in [0.1, 0.15) is 46.3 Å². The van der Waals surface area contributed by atoms with E-state index in [-0.39, 0.29) is 0 Å². The molecule has 0 nitrogen and oxygen atoms in total. The van der Waals surface area contributed by atoms with Gasteiger partial charge in [-0.15, -0.1) is 0 Å². The molecule has 0 aromatic carbocycles. The van der Waals surface area contributed by atoms with E-state index in [4.69, 9.17) is 12.3 Å². The predicted octanol–water partition coefficient (Wildman–Crippen LogP) is 2.69. The van der Waals surface area contributed by atoms with Crippen LogP contribution in [0.15, 0.2) is 0 Å². The molecule has 1 atom stereocenters. The summed E-state index contributed by atoms with van der Waals surface area (Å²) in [6.45, 7) is -3.47. The van der Waals surface area contributed by atoms with Crippen LogP contribution in [0.5, 0.6) is 0 Å². The van der Waals surface area contributed by atoms with Gasteiger partial charge in [0.2, 0.25) is 0 Å². The molecule has 0 aliphatic carbocycles. The van der Waals surface area contributed by atoms with Crippen LogP contribution >= 0.6 is 0 Å². The standard InChI is InChI=1S/C7H16/c1-5-7(4)6(2)3/h6-7H,5H2,1-4H3/i1D3,4D3,5D2,7D. The Morgan fingerprint density at radius 3 is 2.71 bits per heavy atom. The molecule has 0 spiro atoms. The second-order valence-corrected chi connectivity index (χ2v) is 1.69. The van der Waals surface area contributed by atoms with Crippen molar-refractivity contribution in [2.24, 2.45) is 11.8 Å². The molecular weight excluding hydrogens is 84.1 g/mol. The zero-order chi connectivity index (χ0) is 13.6. The molecule has 0 heteroatoms. The Morgan fingerprint density at radius 2 is 2.57 bits per heavy atom. The van der Waals surface area contributed by atoms with E-state index in [1.807, 2.05) is 0 Å². The van der Waals surface area contributed by atoms with E-state index >= 15 is 0 Å². The molecule has 0 aromatic heterocycles. The Kier molecular flexibility index (Phi) is 0.490. The van der Waals surface area contributed by atoms with Crippen molar-refractivity contribution < 1.29 is 12.3 Å². The lowest BCUT2D eigenvalue weighted by atomic mass is 9.96. The molecule has 0 rings (SSSR count). The van der Waals surface area contributed by atoms with Gasteiger partial charge in [0.15, 0.2) is 0 Å². The highest BCUT2D eigenvalue weighted by Crippen LogP contribution is 2.11. The molecule has 7 heavy (non-hydrogen) atoms. The number of rotatable bonds is 2. The summed E-state index contributed by atoms with van der Waals surface area (Å²) in [5, 5.41) is 0. The third kappa shape index (κ3) is 2.67. The molecule has 0 N–H and O–H groups in total. The van der Waals surface area contributed by atoms with Gasteiger partial charge in [-0.05, 0) is 11.8 Å².